The van der Waals surface area contributed by atoms with Gasteiger partial charge in [0, 0.05) is 34.0 Å². The van der Waals surface area contributed by atoms with Crippen LogP contribution in [0.4, 0.5) is 14.5 Å². The van der Waals surface area contributed by atoms with E-state index in [1.807, 2.05) is 27.7 Å². The summed E-state index contributed by atoms with van der Waals surface area (Å²) in [5.74, 6) is -0.198. The van der Waals surface area contributed by atoms with Gasteiger partial charge in [-0.3, -0.25) is 0 Å². The maximum Gasteiger partial charge on any atom is 0.181 e. The summed E-state index contributed by atoms with van der Waals surface area (Å²) in [6.07, 6.45) is 3.21. The molecule has 2 aromatic carbocycles. The minimum Gasteiger partial charge on any atom is -0.443 e. The van der Waals surface area contributed by atoms with Gasteiger partial charge in [-0.25, -0.2) is 13.8 Å². The number of fused-ring (bicyclic) bond motifs is 4. The second-order valence-electron chi connectivity index (χ2n) is 7.91. The lowest BCUT2D eigenvalue weighted by Gasteiger charge is -2.33. The molecular formula is C22H19F2N3O. The SMILES string of the molecule is Cc1c(-c2cc(F)cc3c(C)c[nH]c23)c(F)cc2c1-c1ocnc1C(C)(C)N2. The van der Waals surface area contributed by atoms with E-state index < -0.39 is 17.2 Å². The molecule has 1 aliphatic heterocycles. The van der Waals surface area contributed by atoms with Crippen molar-refractivity contribution in [2.75, 3.05) is 5.32 Å². The Morgan fingerprint density at radius 2 is 1.86 bits per heavy atom. The van der Waals surface area contributed by atoms with E-state index in [1.165, 1.54) is 24.6 Å². The fourth-order valence-corrected chi connectivity index (χ4v) is 4.29. The van der Waals surface area contributed by atoms with E-state index in [1.54, 1.807) is 6.20 Å². The molecule has 1 aliphatic rings. The second-order valence-corrected chi connectivity index (χ2v) is 7.91. The molecule has 0 unspecified atom stereocenters. The lowest BCUT2D eigenvalue weighted by atomic mass is 9.85. The number of aryl methyl sites for hydroxylation is 1. The van der Waals surface area contributed by atoms with Gasteiger partial charge in [0.1, 0.15) is 17.3 Å². The van der Waals surface area contributed by atoms with Crippen LogP contribution in [0.5, 0.6) is 0 Å². The van der Waals surface area contributed by atoms with Crippen molar-refractivity contribution < 1.29 is 13.2 Å². The summed E-state index contributed by atoms with van der Waals surface area (Å²) < 4.78 is 35.4. The number of anilines is 1. The molecule has 3 heterocycles. The molecular weight excluding hydrogens is 360 g/mol. The molecule has 6 heteroatoms. The zero-order valence-electron chi connectivity index (χ0n) is 16.0. The van der Waals surface area contributed by atoms with Gasteiger partial charge in [-0.05, 0) is 57.0 Å². The predicted octanol–water partition coefficient (Wildman–Crippen LogP) is 6.05. The van der Waals surface area contributed by atoms with Crippen molar-refractivity contribution >= 4 is 16.6 Å². The molecule has 4 nitrogen and oxygen atoms in total. The molecule has 0 spiro atoms. The van der Waals surface area contributed by atoms with E-state index in [0.29, 0.717) is 33.7 Å². The van der Waals surface area contributed by atoms with Crippen LogP contribution >= 0.6 is 0 Å². The first-order chi connectivity index (χ1) is 13.3. The number of halogens is 2. The van der Waals surface area contributed by atoms with Gasteiger partial charge in [-0.2, -0.15) is 0 Å². The number of H-pyrrole nitrogens is 1. The molecule has 142 valence electrons. The van der Waals surface area contributed by atoms with Crippen molar-refractivity contribution in [3.63, 3.8) is 0 Å². The van der Waals surface area contributed by atoms with Gasteiger partial charge in [-0.15, -0.1) is 0 Å². The van der Waals surface area contributed by atoms with Crippen LogP contribution in [-0.4, -0.2) is 9.97 Å². The summed E-state index contributed by atoms with van der Waals surface area (Å²) in [6, 6.07) is 4.30. The van der Waals surface area contributed by atoms with Crippen molar-refractivity contribution in [2.24, 2.45) is 0 Å². The van der Waals surface area contributed by atoms with Crippen LogP contribution in [0.1, 0.15) is 30.7 Å². The highest BCUT2D eigenvalue weighted by molar-refractivity contribution is 5.99. The third-order valence-corrected chi connectivity index (χ3v) is 5.59. The number of aromatic nitrogens is 2. The number of rotatable bonds is 1. The van der Waals surface area contributed by atoms with E-state index in [9.17, 15) is 4.39 Å². The summed E-state index contributed by atoms with van der Waals surface area (Å²) in [4.78, 5) is 7.51. The van der Waals surface area contributed by atoms with Crippen molar-refractivity contribution in [2.45, 2.75) is 33.2 Å². The van der Waals surface area contributed by atoms with Gasteiger partial charge >= 0.3 is 0 Å². The average Bonchev–Trinajstić information content (AvgIpc) is 3.22. The Bertz CT molecular complexity index is 1270. The number of nitrogens with zero attached hydrogens (tertiary/aromatic N) is 1. The Labute approximate surface area is 160 Å². The molecule has 0 atom stereocenters. The number of benzene rings is 2. The molecule has 2 N–H and O–H groups in total. The Morgan fingerprint density at radius 3 is 2.64 bits per heavy atom. The zero-order valence-corrected chi connectivity index (χ0v) is 16.0. The molecule has 0 radical (unpaired) electrons. The average molecular weight is 379 g/mol. The van der Waals surface area contributed by atoms with E-state index in [-0.39, 0.29) is 0 Å². The third kappa shape index (κ3) is 2.17. The maximum atomic E-state index is 15.3. The Morgan fingerprint density at radius 1 is 1.07 bits per heavy atom. The first kappa shape index (κ1) is 17.0. The summed E-state index contributed by atoms with van der Waals surface area (Å²) in [5, 5.41) is 4.09. The fourth-order valence-electron chi connectivity index (χ4n) is 4.29. The molecule has 28 heavy (non-hydrogen) atoms. The number of aromatic amines is 1. The second kappa shape index (κ2) is 5.44. The Kier molecular flexibility index (Phi) is 3.30. The van der Waals surface area contributed by atoms with Gasteiger partial charge < -0.3 is 14.7 Å². The molecule has 0 aliphatic carbocycles. The normalized spacial score (nSPS) is 14.6. The highest BCUT2D eigenvalue weighted by Crippen LogP contribution is 2.48. The van der Waals surface area contributed by atoms with Crippen molar-refractivity contribution in [3.8, 4) is 22.5 Å². The molecule has 0 bridgehead atoms. The standard InChI is InChI=1S/C22H19F2N3O/c1-10-8-25-19-13(10)5-12(23)6-14(19)17-11(2)18-16(7-15(17)24)27-22(3,4)21-20(18)28-9-26-21/h5-9,25,27H,1-4H3. The summed E-state index contributed by atoms with van der Waals surface area (Å²) in [5.41, 5.74) is 4.82. The Balaban J connectivity index is 1.86. The Hall–Kier alpha value is -3.15. The third-order valence-electron chi connectivity index (χ3n) is 5.59. The summed E-state index contributed by atoms with van der Waals surface area (Å²) >= 11 is 0. The molecule has 0 fully saturated rings. The van der Waals surface area contributed by atoms with Crippen molar-refractivity contribution in [1.82, 2.24) is 9.97 Å². The van der Waals surface area contributed by atoms with E-state index in [0.717, 1.165) is 22.2 Å². The highest BCUT2D eigenvalue weighted by atomic mass is 19.1. The van der Waals surface area contributed by atoms with E-state index in [4.69, 9.17) is 4.42 Å². The van der Waals surface area contributed by atoms with Gasteiger partial charge in [-0.1, -0.05) is 0 Å². The molecule has 0 amide bonds. The molecule has 0 saturated carbocycles. The smallest absolute Gasteiger partial charge is 0.181 e. The maximum absolute atomic E-state index is 15.3. The number of oxazole rings is 1. The highest BCUT2D eigenvalue weighted by Gasteiger charge is 2.36. The van der Waals surface area contributed by atoms with Crippen molar-refractivity contribution in [1.29, 1.82) is 0 Å². The predicted molar refractivity (Wildman–Crippen MR) is 105 cm³/mol. The van der Waals surface area contributed by atoms with Gasteiger partial charge in [0.15, 0.2) is 12.2 Å². The molecule has 2 aromatic heterocycles. The fraction of sp³-hybridized carbons (Fsp3) is 0.227. The van der Waals surface area contributed by atoms with Crippen LogP contribution in [0.3, 0.4) is 0 Å². The monoisotopic (exact) mass is 379 g/mol. The molecule has 5 rings (SSSR count). The lowest BCUT2D eigenvalue weighted by Crippen LogP contribution is -2.32. The van der Waals surface area contributed by atoms with Crippen LogP contribution < -0.4 is 5.32 Å². The first-order valence-electron chi connectivity index (χ1n) is 9.11. The number of hydrogen-bond acceptors (Lipinski definition) is 3. The van der Waals surface area contributed by atoms with Gasteiger partial charge in [0.25, 0.3) is 0 Å². The lowest BCUT2D eigenvalue weighted by molar-refractivity contribution is 0.547. The van der Waals surface area contributed by atoms with Crippen LogP contribution in [0.15, 0.2) is 35.2 Å². The van der Waals surface area contributed by atoms with Crippen LogP contribution in [-0.2, 0) is 5.54 Å². The van der Waals surface area contributed by atoms with Gasteiger partial charge in [0.2, 0.25) is 0 Å². The van der Waals surface area contributed by atoms with Crippen molar-refractivity contribution in [3.05, 3.63) is 59.2 Å². The molecule has 0 saturated heterocycles. The topological polar surface area (TPSA) is 53.9 Å². The van der Waals surface area contributed by atoms with Crippen LogP contribution in [0, 0.1) is 25.5 Å². The number of hydrogen-bond donors (Lipinski definition) is 2. The quantitative estimate of drug-likeness (QED) is 0.424. The van der Waals surface area contributed by atoms with Crippen LogP contribution in [0.25, 0.3) is 33.4 Å². The minimum atomic E-state index is -0.488. The van der Waals surface area contributed by atoms with E-state index in [2.05, 4.69) is 15.3 Å². The zero-order chi connectivity index (χ0) is 19.8. The van der Waals surface area contributed by atoms with E-state index >= 15 is 4.39 Å². The first-order valence-corrected chi connectivity index (χ1v) is 9.11. The largest absolute Gasteiger partial charge is 0.443 e. The minimum absolute atomic E-state index is 0.356. The number of nitrogens with one attached hydrogen (secondary N) is 2. The van der Waals surface area contributed by atoms with Crippen LogP contribution in [0.2, 0.25) is 0 Å². The van der Waals surface area contributed by atoms with Gasteiger partial charge in [0.05, 0.1) is 11.1 Å². The summed E-state index contributed by atoms with van der Waals surface area (Å²) in [7, 11) is 0. The molecule has 4 aromatic rings. The summed E-state index contributed by atoms with van der Waals surface area (Å²) in [6.45, 7) is 7.66.